The molecule has 33 heavy (non-hydrogen) atoms. The third-order valence-electron chi connectivity index (χ3n) is 5.04. The summed E-state index contributed by atoms with van der Waals surface area (Å²) in [6.07, 6.45) is 4.47. The van der Waals surface area contributed by atoms with Gasteiger partial charge in [0.15, 0.2) is 5.82 Å². The summed E-state index contributed by atoms with van der Waals surface area (Å²) in [6, 6.07) is 10.2. The lowest BCUT2D eigenvalue weighted by atomic mass is 9.94. The minimum absolute atomic E-state index is 0.0490. The zero-order valence-electron chi connectivity index (χ0n) is 17.9. The summed E-state index contributed by atoms with van der Waals surface area (Å²) in [5.41, 5.74) is 1.63. The Labute approximate surface area is 188 Å². The fraction of sp³-hybridized carbons (Fsp3) is 0.174. The van der Waals surface area contributed by atoms with Gasteiger partial charge in [0.25, 0.3) is 5.69 Å². The van der Waals surface area contributed by atoms with Gasteiger partial charge in [-0.15, -0.1) is 4.80 Å². The monoisotopic (exact) mass is 450 g/mol. The van der Waals surface area contributed by atoms with Gasteiger partial charge in [0.05, 0.1) is 22.9 Å². The van der Waals surface area contributed by atoms with Crippen molar-refractivity contribution in [2.45, 2.75) is 13.0 Å². The van der Waals surface area contributed by atoms with Crippen LogP contribution in [-0.2, 0) is 13.0 Å². The van der Waals surface area contributed by atoms with Crippen molar-refractivity contribution < 1.29 is 13.7 Å². The molecule has 0 aliphatic heterocycles. The fourth-order valence-electron chi connectivity index (χ4n) is 3.66. The largest absolute Gasteiger partial charge is 0.305 e. The molecule has 4 aromatic rings. The highest BCUT2D eigenvalue weighted by atomic mass is 19.1. The van der Waals surface area contributed by atoms with E-state index in [1.807, 2.05) is 0 Å². The van der Waals surface area contributed by atoms with Crippen molar-refractivity contribution >= 4 is 5.69 Å². The quantitative estimate of drug-likeness (QED) is 0.310. The Morgan fingerprint density at radius 1 is 1.06 bits per heavy atom. The number of hydrogen-bond donors (Lipinski definition) is 0. The van der Waals surface area contributed by atoms with Gasteiger partial charge in [0.1, 0.15) is 11.6 Å². The van der Waals surface area contributed by atoms with E-state index in [1.54, 1.807) is 43.3 Å². The molecule has 0 aliphatic carbocycles. The van der Waals surface area contributed by atoms with Gasteiger partial charge in [-0.25, -0.2) is 13.8 Å². The Balaban J connectivity index is 1.85. The summed E-state index contributed by atoms with van der Waals surface area (Å²) in [6.45, 7) is 0.277. The number of aromatic nitrogens is 4. The van der Waals surface area contributed by atoms with E-state index in [0.29, 0.717) is 28.1 Å². The van der Waals surface area contributed by atoms with Gasteiger partial charge in [-0.05, 0) is 56.1 Å². The SMILES string of the molecule is CN(C)Cc1cc(Cc2c(F)cccc2F)cc(-c2ccc(-n3nccn3)nc2)c1[N+](=O)[O-]. The lowest BCUT2D eigenvalue weighted by molar-refractivity contribution is -0.385. The summed E-state index contributed by atoms with van der Waals surface area (Å²) in [5.74, 6) is -0.881. The van der Waals surface area contributed by atoms with Crippen LogP contribution in [0.5, 0.6) is 0 Å². The van der Waals surface area contributed by atoms with Crippen molar-refractivity contribution in [1.82, 2.24) is 24.9 Å². The van der Waals surface area contributed by atoms with E-state index >= 15 is 0 Å². The van der Waals surface area contributed by atoms with Crippen molar-refractivity contribution in [3.8, 4) is 16.9 Å². The first-order valence-electron chi connectivity index (χ1n) is 10.0. The number of nitrogens with zero attached hydrogens (tertiary/aromatic N) is 6. The second kappa shape index (κ2) is 9.21. The molecule has 0 radical (unpaired) electrons. The van der Waals surface area contributed by atoms with Gasteiger partial charge in [-0.3, -0.25) is 10.1 Å². The average Bonchev–Trinajstić information content (AvgIpc) is 3.30. The molecule has 10 heteroatoms. The lowest BCUT2D eigenvalue weighted by Gasteiger charge is -2.15. The summed E-state index contributed by atoms with van der Waals surface area (Å²) in [7, 11) is 3.58. The van der Waals surface area contributed by atoms with Crippen LogP contribution in [0.3, 0.4) is 0 Å². The van der Waals surface area contributed by atoms with E-state index in [9.17, 15) is 18.9 Å². The number of rotatable bonds is 7. The maximum Gasteiger partial charge on any atom is 0.281 e. The van der Waals surface area contributed by atoms with E-state index in [0.717, 1.165) is 0 Å². The Bertz CT molecular complexity index is 1270. The third kappa shape index (κ3) is 4.75. The van der Waals surface area contributed by atoms with Crippen LogP contribution in [0.1, 0.15) is 16.7 Å². The van der Waals surface area contributed by atoms with E-state index in [1.165, 1.54) is 41.6 Å². The van der Waals surface area contributed by atoms with Crippen molar-refractivity contribution in [3.63, 3.8) is 0 Å². The number of halogens is 2. The zero-order chi connectivity index (χ0) is 23.5. The molecule has 0 saturated carbocycles. The Hall–Kier alpha value is -4.05. The molecule has 2 heterocycles. The zero-order valence-corrected chi connectivity index (χ0v) is 17.9. The average molecular weight is 450 g/mol. The molecular formula is C23H20F2N6O2. The molecule has 0 atom stereocenters. The van der Waals surface area contributed by atoms with Crippen LogP contribution in [0.25, 0.3) is 16.9 Å². The summed E-state index contributed by atoms with van der Waals surface area (Å²) >= 11 is 0. The Morgan fingerprint density at radius 3 is 2.33 bits per heavy atom. The number of nitro groups is 1. The highest BCUT2D eigenvalue weighted by Crippen LogP contribution is 2.36. The molecule has 0 unspecified atom stereocenters. The first-order chi connectivity index (χ1) is 15.8. The molecule has 0 bridgehead atoms. The first-order valence-corrected chi connectivity index (χ1v) is 10.0. The smallest absolute Gasteiger partial charge is 0.281 e. The summed E-state index contributed by atoms with van der Waals surface area (Å²) in [4.78, 5) is 19.0. The predicted octanol–water partition coefficient (Wildman–Crippen LogP) is 4.17. The topological polar surface area (TPSA) is 90.0 Å². The molecule has 2 aromatic carbocycles. The lowest BCUT2D eigenvalue weighted by Crippen LogP contribution is -2.13. The number of hydrogen-bond acceptors (Lipinski definition) is 6. The van der Waals surface area contributed by atoms with Crippen LogP contribution in [0, 0.1) is 21.7 Å². The molecule has 0 N–H and O–H groups in total. The highest BCUT2D eigenvalue weighted by molar-refractivity contribution is 5.76. The second-order valence-corrected chi connectivity index (χ2v) is 7.75. The molecule has 0 amide bonds. The van der Waals surface area contributed by atoms with Gasteiger partial charge in [-0.2, -0.15) is 10.2 Å². The number of benzene rings is 2. The molecule has 168 valence electrons. The maximum atomic E-state index is 14.3. The van der Waals surface area contributed by atoms with Crippen LogP contribution in [0.2, 0.25) is 0 Å². The van der Waals surface area contributed by atoms with Gasteiger partial charge < -0.3 is 4.90 Å². The number of pyridine rings is 1. The van der Waals surface area contributed by atoms with Crippen LogP contribution in [0.15, 0.2) is 61.1 Å². The molecule has 0 spiro atoms. The second-order valence-electron chi connectivity index (χ2n) is 7.75. The van der Waals surface area contributed by atoms with Crippen LogP contribution < -0.4 is 0 Å². The minimum Gasteiger partial charge on any atom is -0.305 e. The van der Waals surface area contributed by atoms with Gasteiger partial charge in [-0.1, -0.05) is 6.07 Å². The van der Waals surface area contributed by atoms with Crippen molar-refractivity contribution in [3.05, 3.63) is 99.5 Å². The third-order valence-corrected chi connectivity index (χ3v) is 5.04. The Kier molecular flexibility index (Phi) is 6.18. The molecule has 0 saturated heterocycles. The van der Waals surface area contributed by atoms with Gasteiger partial charge >= 0.3 is 0 Å². The maximum absolute atomic E-state index is 14.3. The summed E-state index contributed by atoms with van der Waals surface area (Å²) in [5, 5.41) is 20.1. The van der Waals surface area contributed by atoms with Crippen LogP contribution in [0.4, 0.5) is 14.5 Å². The first kappa shape index (κ1) is 22.2. The normalized spacial score (nSPS) is 11.2. The van der Waals surface area contributed by atoms with E-state index < -0.39 is 16.6 Å². The molecular weight excluding hydrogens is 430 g/mol. The van der Waals surface area contributed by atoms with Crippen LogP contribution in [-0.4, -0.2) is 43.9 Å². The van der Waals surface area contributed by atoms with E-state index in [4.69, 9.17) is 0 Å². The fourth-order valence-corrected chi connectivity index (χ4v) is 3.66. The molecule has 0 fully saturated rings. The predicted molar refractivity (Wildman–Crippen MR) is 118 cm³/mol. The molecule has 4 rings (SSSR count). The standard InChI is InChI=1S/C23H20F2N6O2/c1-29(2)14-17-10-15(12-19-20(24)4-3-5-21(19)25)11-18(23(17)31(32)33)16-6-7-22(26-13-16)30-27-8-9-28-30/h3-11,13H,12,14H2,1-2H3. The minimum atomic E-state index is -0.665. The Morgan fingerprint density at radius 2 is 1.76 bits per heavy atom. The van der Waals surface area contributed by atoms with Gasteiger partial charge in [0, 0.05) is 35.9 Å². The van der Waals surface area contributed by atoms with E-state index in [-0.39, 0.29) is 24.2 Å². The van der Waals surface area contributed by atoms with Crippen molar-refractivity contribution in [2.75, 3.05) is 14.1 Å². The molecule has 2 aromatic heterocycles. The number of nitro benzene ring substituents is 1. The summed E-state index contributed by atoms with van der Waals surface area (Å²) < 4.78 is 28.6. The van der Waals surface area contributed by atoms with E-state index in [2.05, 4.69) is 15.2 Å². The van der Waals surface area contributed by atoms with Crippen LogP contribution >= 0.6 is 0 Å². The molecule has 8 nitrogen and oxygen atoms in total. The highest BCUT2D eigenvalue weighted by Gasteiger charge is 2.24. The van der Waals surface area contributed by atoms with Crippen molar-refractivity contribution in [1.29, 1.82) is 0 Å². The molecule has 0 aliphatic rings. The van der Waals surface area contributed by atoms with Crippen molar-refractivity contribution in [2.24, 2.45) is 0 Å². The van der Waals surface area contributed by atoms with Gasteiger partial charge in [0.2, 0.25) is 0 Å².